The van der Waals surface area contributed by atoms with Crippen LogP contribution in [0.3, 0.4) is 0 Å². The fourth-order valence-corrected chi connectivity index (χ4v) is 3.80. The number of fused-ring (bicyclic) bond motifs is 2. The summed E-state index contributed by atoms with van der Waals surface area (Å²) in [4.78, 5) is 14.9. The van der Waals surface area contributed by atoms with Crippen molar-refractivity contribution >= 4 is 45.3 Å². The third kappa shape index (κ3) is 3.60. The molecule has 0 aliphatic heterocycles. The number of hydrogen-bond donors (Lipinski definition) is 2. The Hall–Kier alpha value is -3.09. The molecule has 0 fully saturated rings. The molecule has 3 heterocycles. The van der Waals surface area contributed by atoms with E-state index in [4.69, 9.17) is 27.9 Å². The Morgan fingerprint density at radius 2 is 1.93 bits per heavy atom. The Bertz CT molecular complexity index is 1350. The molecule has 5 rings (SSSR count). The molecule has 0 aliphatic rings. The molecule has 0 bridgehead atoms. The van der Waals surface area contributed by atoms with Crippen molar-refractivity contribution in [3.8, 4) is 5.75 Å². The third-order valence-electron chi connectivity index (χ3n) is 4.87. The second-order valence-electron chi connectivity index (χ2n) is 6.90. The van der Waals surface area contributed by atoms with Gasteiger partial charge in [-0.3, -0.25) is 0 Å². The number of hydrogen-bond acceptors (Lipinski definition) is 3. The maximum atomic E-state index is 14.7. The molecular formula is C22H15Cl2FN4O. The number of imidazole rings is 1. The SMILES string of the molecule is Fc1cc(Cc2c[nH]c3ncc(Cl)cc23)c(Cl)cc1OCc1nc2ccccc2[nH]1. The highest BCUT2D eigenvalue weighted by molar-refractivity contribution is 6.31. The van der Waals surface area contributed by atoms with Gasteiger partial charge in [0.2, 0.25) is 0 Å². The Morgan fingerprint density at radius 3 is 2.80 bits per heavy atom. The lowest BCUT2D eigenvalue weighted by atomic mass is 10.0. The van der Waals surface area contributed by atoms with E-state index in [0.717, 1.165) is 27.6 Å². The van der Waals surface area contributed by atoms with E-state index in [1.54, 1.807) is 6.20 Å². The summed E-state index contributed by atoms with van der Waals surface area (Å²) in [7, 11) is 0. The number of aromatic amines is 2. The van der Waals surface area contributed by atoms with Gasteiger partial charge in [-0.25, -0.2) is 14.4 Å². The molecule has 5 nitrogen and oxygen atoms in total. The Balaban J connectivity index is 1.37. The van der Waals surface area contributed by atoms with Crippen LogP contribution in [0.4, 0.5) is 4.39 Å². The minimum absolute atomic E-state index is 0.0767. The second kappa shape index (κ2) is 7.63. The highest BCUT2D eigenvalue weighted by Crippen LogP contribution is 2.30. The number of halogens is 3. The highest BCUT2D eigenvalue weighted by Gasteiger charge is 2.14. The summed E-state index contributed by atoms with van der Waals surface area (Å²) in [5, 5.41) is 1.83. The van der Waals surface area contributed by atoms with Gasteiger partial charge >= 0.3 is 0 Å². The van der Waals surface area contributed by atoms with Gasteiger partial charge in [0.15, 0.2) is 11.6 Å². The normalized spacial score (nSPS) is 11.4. The number of H-pyrrole nitrogens is 2. The van der Waals surface area contributed by atoms with E-state index >= 15 is 0 Å². The summed E-state index contributed by atoms with van der Waals surface area (Å²) in [6.07, 6.45) is 3.83. The Labute approximate surface area is 180 Å². The van der Waals surface area contributed by atoms with Crippen LogP contribution in [0.25, 0.3) is 22.1 Å². The minimum Gasteiger partial charge on any atom is -0.483 e. The molecule has 0 aliphatic carbocycles. The molecule has 0 spiro atoms. The molecule has 2 aromatic carbocycles. The number of ether oxygens (including phenoxy) is 1. The van der Waals surface area contributed by atoms with E-state index in [2.05, 4.69) is 19.9 Å². The van der Waals surface area contributed by atoms with Crippen molar-refractivity contribution in [3.05, 3.63) is 87.7 Å². The van der Waals surface area contributed by atoms with Crippen molar-refractivity contribution in [2.45, 2.75) is 13.0 Å². The molecule has 150 valence electrons. The first-order valence-corrected chi connectivity index (χ1v) is 9.98. The van der Waals surface area contributed by atoms with Crippen molar-refractivity contribution in [3.63, 3.8) is 0 Å². The second-order valence-corrected chi connectivity index (χ2v) is 7.75. The van der Waals surface area contributed by atoms with E-state index in [-0.39, 0.29) is 12.4 Å². The molecule has 3 aromatic heterocycles. The van der Waals surface area contributed by atoms with Crippen molar-refractivity contribution in [1.82, 2.24) is 19.9 Å². The zero-order valence-electron chi connectivity index (χ0n) is 15.5. The molecule has 0 radical (unpaired) electrons. The monoisotopic (exact) mass is 440 g/mol. The van der Waals surface area contributed by atoms with Crippen molar-refractivity contribution in [2.24, 2.45) is 0 Å². The van der Waals surface area contributed by atoms with Gasteiger partial charge in [0, 0.05) is 35.3 Å². The van der Waals surface area contributed by atoms with E-state index in [0.29, 0.717) is 27.9 Å². The first kappa shape index (κ1) is 18.9. The largest absolute Gasteiger partial charge is 0.483 e. The molecular weight excluding hydrogens is 426 g/mol. The fourth-order valence-electron chi connectivity index (χ4n) is 3.42. The van der Waals surface area contributed by atoms with E-state index < -0.39 is 5.82 Å². The summed E-state index contributed by atoms with van der Waals surface area (Å²) in [6.45, 7) is 0.105. The minimum atomic E-state index is -0.485. The predicted molar refractivity (Wildman–Crippen MR) is 116 cm³/mol. The van der Waals surface area contributed by atoms with Crippen LogP contribution in [0, 0.1) is 5.82 Å². The van der Waals surface area contributed by atoms with Gasteiger partial charge in [0.25, 0.3) is 0 Å². The zero-order chi connectivity index (χ0) is 20.7. The number of aromatic nitrogens is 4. The van der Waals surface area contributed by atoms with Gasteiger partial charge in [-0.1, -0.05) is 35.3 Å². The maximum absolute atomic E-state index is 14.7. The summed E-state index contributed by atoms with van der Waals surface area (Å²) < 4.78 is 20.3. The van der Waals surface area contributed by atoms with Gasteiger partial charge in [0.05, 0.1) is 16.1 Å². The Kier molecular flexibility index (Phi) is 4.81. The van der Waals surface area contributed by atoms with Crippen LogP contribution < -0.4 is 4.74 Å². The number of rotatable bonds is 5. The zero-order valence-corrected chi connectivity index (χ0v) is 17.1. The number of pyridine rings is 1. The van der Waals surface area contributed by atoms with Crippen LogP contribution in [0.15, 0.2) is 54.9 Å². The molecule has 0 amide bonds. The number of benzene rings is 2. The molecule has 2 N–H and O–H groups in total. The van der Waals surface area contributed by atoms with Crippen molar-refractivity contribution in [2.75, 3.05) is 0 Å². The third-order valence-corrected chi connectivity index (χ3v) is 5.43. The Morgan fingerprint density at radius 1 is 1.07 bits per heavy atom. The summed E-state index contributed by atoms with van der Waals surface area (Å²) in [5.41, 5.74) is 4.02. The molecule has 30 heavy (non-hydrogen) atoms. The average molecular weight is 441 g/mol. The van der Waals surface area contributed by atoms with E-state index in [9.17, 15) is 4.39 Å². The molecule has 5 aromatic rings. The molecule has 8 heteroatoms. The fraction of sp³-hybridized carbons (Fsp3) is 0.0909. The lowest BCUT2D eigenvalue weighted by Crippen LogP contribution is -2.00. The molecule has 0 saturated carbocycles. The number of nitrogens with one attached hydrogen (secondary N) is 2. The summed E-state index contributed by atoms with van der Waals surface area (Å²) in [5.74, 6) is 0.202. The average Bonchev–Trinajstić information content (AvgIpc) is 3.33. The van der Waals surface area contributed by atoms with Gasteiger partial charge in [0.1, 0.15) is 18.1 Å². The van der Waals surface area contributed by atoms with E-state index in [1.807, 2.05) is 36.5 Å². The van der Waals surface area contributed by atoms with Crippen LogP contribution in [0.2, 0.25) is 10.0 Å². The van der Waals surface area contributed by atoms with Crippen LogP contribution >= 0.6 is 23.2 Å². The van der Waals surface area contributed by atoms with Crippen LogP contribution in [0.5, 0.6) is 5.75 Å². The lowest BCUT2D eigenvalue weighted by Gasteiger charge is -2.10. The summed E-state index contributed by atoms with van der Waals surface area (Å²) in [6, 6.07) is 12.4. The smallest absolute Gasteiger partial charge is 0.165 e. The topological polar surface area (TPSA) is 66.6 Å². The predicted octanol–water partition coefficient (Wildman–Crippen LogP) is 6.05. The molecule has 0 unspecified atom stereocenters. The quantitative estimate of drug-likeness (QED) is 0.349. The van der Waals surface area contributed by atoms with Gasteiger partial charge in [-0.2, -0.15) is 0 Å². The van der Waals surface area contributed by atoms with Gasteiger partial charge in [-0.05, 0) is 35.4 Å². The number of nitrogens with zero attached hydrogens (tertiary/aromatic N) is 2. The highest BCUT2D eigenvalue weighted by atomic mass is 35.5. The van der Waals surface area contributed by atoms with Crippen molar-refractivity contribution in [1.29, 1.82) is 0 Å². The summed E-state index contributed by atoms with van der Waals surface area (Å²) >= 11 is 12.5. The van der Waals surface area contributed by atoms with Crippen LogP contribution in [-0.2, 0) is 13.0 Å². The molecule has 0 atom stereocenters. The first-order chi connectivity index (χ1) is 14.6. The van der Waals surface area contributed by atoms with Crippen LogP contribution in [-0.4, -0.2) is 19.9 Å². The maximum Gasteiger partial charge on any atom is 0.165 e. The van der Waals surface area contributed by atoms with Gasteiger partial charge in [-0.15, -0.1) is 0 Å². The van der Waals surface area contributed by atoms with E-state index in [1.165, 1.54) is 12.1 Å². The standard InChI is InChI=1S/C22H15Cl2FN4O/c23-14-7-15-13(9-26-22(15)27-10-14)5-12-6-17(25)20(8-16(12)24)30-11-21-28-18-3-1-2-4-19(18)29-21/h1-4,6-10H,5,11H2,(H,26,27)(H,28,29). The number of para-hydroxylation sites is 2. The van der Waals surface area contributed by atoms with Gasteiger partial charge < -0.3 is 14.7 Å². The van der Waals surface area contributed by atoms with Crippen LogP contribution in [0.1, 0.15) is 17.0 Å². The first-order valence-electron chi connectivity index (χ1n) is 9.22. The molecule has 0 saturated heterocycles. The lowest BCUT2D eigenvalue weighted by molar-refractivity contribution is 0.282. The van der Waals surface area contributed by atoms with Crippen molar-refractivity contribution < 1.29 is 9.13 Å².